The smallest absolute Gasteiger partial charge is 0.167 e. The molecule has 0 spiro atoms. The number of halogens is 3. The van der Waals surface area contributed by atoms with E-state index in [9.17, 15) is 4.79 Å². The Kier molecular flexibility index (Phi) is 5.60. The zero-order valence-electron chi connectivity index (χ0n) is 7.72. The Hall–Kier alpha value is 1.07. The molecule has 2 nitrogen and oxygen atoms in total. The summed E-state index contributed by atoms with van der Waals surface area (Å²) < 4.78 is 5.06. The van der Waals surface area contributed by atoms with Crippen LogP contribution in [-0.4, -0.2) is 20.6 Å². The molecule has 5 heteroatoms. The van der Waals surface area contributed by atoms with E-state index in [0.717, 1.165) is 19.1 Å². The third kappa shape index (κ3) is 4.29. The molecule has 0 aromatic rings. The monoisotopic (exact) mass is 390 g/mol. The van der Waals surface area contributed by atoms with Crippen LogP contribution in [0.3, 0.4) is 0 Å². The van der Waals surface area contributed by atoms with Gasteiger partial charge < -0.3 is 9.53 Å². The van der Waals surface area contributed by atoms with Crippen LogP contribution in [0.25, 0.3) is 0 Å². The standard InChI is InChI=1S/C9H13Br3O2/c10-9(11,12)8(6-13)14-7-4-2-1-3-5-7/h6-8H,1-5H2. The summed E-state index contributed by atoms with van der Waals surface area (Å²) in [6.45, 7) is 0. The first-order valence-corrected chi connectivity index (χ1v) is 7.09. The van der Waals surface area contributed by atoms with Gasteiger partial charge in [-0.15, -0.1) is 0 Å². The molecule has 0 radical (unpaired) electrons. The Morgan fingerprint density at radius 3 is 2.21 bits per heavy atom. The van der Waals surface area contributed by atoms with Crippen molar-refractivity contribution in [3.05, 3.63) is 0 Å². The van der Waals surface area contributed by atoms with Crippen molar-refractivity contribution in [3.8, 4) is 0 Å². The Bertz CT molecular complexity index is 185. The summed E-state index contributed by atoms with van der Waals surface area (Å²) in [5.74, 6) is 0. The summed E-state index contributed by atoms with van der Waals surface area (Å²) in [5.41, 5.74) is 0. The van der Waals surface area contributed by atoms with Gasteiger partial charge in [-0.3, -0.25) is 0 Å². The average Bonchev–Trinajstić information content (AvgIpc) is 2.14. The molecule has 1 fully saturated rings. The van der Waals surface area contributed by atoms with Crippen LogP contribution in [0.4, 0.5) is 0 Å². The van der Waals surface area contributed by atoms with Crippen LogP contribution in [0.2, 0.25) is 0 Å². The molecule has 1 atom stereocenters. The maximum atomic E-state index is 10.8. The SMILES string of the molecule is O=CC(OC1CCCCC1)C(Br)(Br)Br. The van der Waals surface area contributed by atoms with E-state index in [1.807, 2.05) is 0 Å². The van der Waals surface area contributed by atoms with Gasteiger partial charge >= 0.3 is 0 Å². The lowest BCUT2D eigenvalue weighted by Gasteiger charge is -2.28. The van der Waals surface area contributed by atoms with E-state index in [4.69, 9.17) is 4.74 Å². The predicted octanol–water partition coefficient (Wildman–Crippen LogP) is 3.74. The number of hydrogen-bond acceptors (Lipinski definition) is 2. The molecule has 14 heavy (non-hydrogen) atoms. The first-order chi connectivity index (χ1) is 6.54. The van der Waals surface area contributed by atoms with Crippen molar-refractivity contribution in [2.24, 2.45) is 0 Å². The molecule has 1 aliphatic rings. The van der Waals surface area contributed by atoms with E-state index in [1.54, 1.807) is 0 Å². The number of hydrogen-bond donors (Lipinski definition) is 0. The summed E-state index contributed by atoms with van der Waals surface area (Å²) in [5, 5.41) is 0. The second kappa shape index (κ2) is 5.97. The molecule has 0 N–H and O–H groups in total. The Morgan fingerprint density at radius 1 is 1.21 bits per heavy atom. The van der Waals surface area contributed by atoms with Crippen molar-refractivity contribution in [1.82, 2.24) is 0 Å². The molecule has 1 aliphatic carbocycles. The van der Waals surface area contributed by atoms with Crippen LogP contribution in [0.15, 0.2) is 0 Å². The molecule has 0 heterocycles. The second-order valence-corrected chi connectivity index (χ2v) is 10.4. The molecule has 0 aromatic carbocycles. The van der Waals surface area contributed by atoms with Crippen molar-refractivity contribution < 1.29 is 9.53 Å². The lowest BCUT2D eigenvalue weighted by molar-refractivity contribution is -0.122. The van der Waals surface area contributed by atoms with Gasteiger partial charge in [-0.25, -0.2) is 0 Å². The molecule has 0 bridgehead atoms. The highest BCUT2D eigenvalue weighted by atomic mass is 80.0. The number of alkyl halides is 3. The molecule has 1 rings (SSSR count). The Morgan fingerprint density at radius 2 is 1.79 bits per heavy atom. The van der Waals surface area contributed by atoms with Crippen LogP contribution in [0.1, 0.15) is 32.1 Å². The lowest BCUT2D eigenvalue weighted by Crippen LogP contribution is -2.34. The molecule has 0 aromatic heterocycles. The van der Waals surface area contributed by atoms with Crippen LogP contribution in [0, 0.1) is 0 Å². The van der Waals surface area contributed by atoms with Crippen molar-refractivity contribution in [3.63, 3.8) is 0 Å². The minimum atomic E-state index is -0.633. The van der Waals surface area contributed by atoms with Gasteiger partial charge in [0.05, 0.1) is 6.10 Å². The minimum absolute atomic E-state index is 0.228. The summed E-state index contributed by atoms with van der Waals surface area (Å²) in [6, 6.07) is 0. The van der Waals surface area contributed by atoms with Gasteiger partial charge in [0.15, 0.2) is 8.43 Å². The van der Waals surface area contributed by atoms with E-state index in [2.05, 4.69) is 47.8 Å². The number of carbonyl (C=O) groups excluding carboxylic acids is 1. The number of ether oxygens (including phenoxy) is 1. The minimum Gasteiger partial charge on any atom is -0.364 e. The zero-order valence-corrected chi connectivity index (χ0v) is 12.5. The first-order valence-electron chi connectivity index (χ1n) is 4.71. The third-order valence-corrected chi connectivity index (χ3v) is 3.69. The zero-order chi connectivity index (χ0) is 10.6. The van der Waals surface area contributed by atoms with Gasteiger partial charge in [-0.1, -0.05) is 67.1 Å². The van der Waals surface area contributed by atoms with Crippen LogP contribution in [-0.2, 0) is 9.53 Å². The van der Waals surface area contributed by atoms with Gasteiger partial charge in [0.2, 0.25) is 0 Å². The van der Waals surface area contributed by atoms with E-state index < -0.39 is 8.25 Å². The van der Waals surface area contributed by atoms with Gasteiger partial charge in [0.1, 0.15) is 6.10 Å². The van der Waals surface area contributed by atoms with Crippen LogP contribution >= 0.6 is 47.8 Å². The summed E-state index contributed by atoms with van der Waals surface area (Å²) in [6.07, 6.45) is 6.37. The van der Waals surface area contributed by atoms with E-state index in [1.165, 1.54) is 19.3 Å². The molecule has 0 saturated heterocycles. The molecule has 0 aliphatic heterocycles. The molecule has 82 valence electrons. The highest BCUT2D eigenvalue weighted by molar-refractivity contribution is 9.39. The van der Waals surface area contributed by atoms with Crippen molar-refractivity contribution in [2.75, 3.05) is 0 Å². The van der Waals surface area contributed by atoms with E-state index in [-0.39, 0.29) is 6.10 Å². The van der Waals surface area contributed by atoms with E-state index in [0.29, 0.717) is 0 Å². The van der Waals surface area contributed by atoms with Crippen molar-refractivity contribution >= 4 is 54.1 Å². The third-order valence-electron chi connectivity index (χ3n) is 2.34. The van der Waals surface area contributed by atoms with Gasteiger partial charge in [0.25, 0.3) is 0 Å². The van der Waals surface area contributed by atoms with E-state index >= 15 is 0 Å². The molecule has 1 unspecified atom stereocenters. The van der Waals surface area contributed by atoms with Gasteiger partial charge in [-0.2, -0.15) is 0 Å². The normalized spacial score (nSPS) is 21.9. The Balaban J connectivity index is 2.43. The average molecular weight is 393 g/mol. The highest BCUT2D eigenvalue weighted by Gasteiger charge is 2.33. The number of aldehydes is 1. The highest BCUT2D eigenvalue weighted by Crippen LogP contribution is 2.39. The molecular formula is C9H13Br3O2. The van der Waals surface area contributed by atoms with Crippen LogP contribution in [0.5, 0.6) is 0 Å². The summed E-state index contributed by atoms with van der Waals surface area (Å²) in [4.78, 5) is 10.8. The summed E-state index contributed by atoms with van der Waals surface area (Å²) >= 11 is 9.93. The molecule has 0 amide bonds. The number of rotatable bonds is 3. The van der Waals surface area contributed by atoms with Crippen molar-refractivity contribution in [1.29, 1.82) is 0 Å². The summed E-state index contributed by atoms with van der Waals surface area (Å²) in [7, 11) is 0. The largest absolute Gasteiger partial charge is 0.364 e. The van der Waals surface area contributed by atoms with Gasteiger partial charge in [0, 0.05) is 0 Å². The maximum absolute atomic E-state index is 10.8. The fourth-order valence-corrected chi connectivity index (χ4v) is 2.24. The predicted molar refractivity (Wildman–Crippen MR) is 67.3 cm³/mol. The van der Waals surface area contributed by atoms with Crippen LogP contribution < -0.4 is 0 Å². The Labute approximate surface area is 110 Å². The number of carbonyl (C=O) groups is 1. The fraction of sp³-hybridized carbons (Fsp3) is 0.889. The first kappa shape index (κ1) is 13.1. The maximum Gasteiger partial charge on any atom is 0.167 e. The van der Waals surface area contributed by atoms with Gasteiger partial charge in [-0.05, 0) is 12.8 Å². The molecule has 1 saturated carbocycles. The topological polar surface area (TPSA) is 26.3 Å². The van der Waals surface area contributed by atoms with Crippen molar-refractivity contribution in [2.45, 2.75) is 46.5 Å². The second-order valence-electron chi connectivity index (χ2n) is 3.49. The lowest BCUT2D eigenvalue weighted by atomic mass is 9.98. The molecular weight excluding hydrogens is 380 g/mol. The fourth-order valence-electron chi connectivity index (χ4n) is 1.59. The quantitative estimate of drug-likeness (QED) is 0.540.